The number of nitrogens with zero attached hydrogens (tertiary/aromatic N) is 3. The molecule has 0 spiro atoms. The van der Waals surface area contributed by atoms with E-state index in [0.29, 0.717) is 6.04 Å². The van der Waals surface area contributed by atoms with Gasteiger partial charge in [0, 0.05) is 29.2 Å². The molecule has 0 amide bonds. The van der Waals surface area contributed by atoms with E-state index in [1.54, 1.807) is 11.8 Å². The van der Waals surface area contributed by atoms with Gasteiger partial charge in [-0.05, 0) is 55.3 Å². The average molecular weight is 350 g/mol. The molecule has 0 bridgehead atoms. The quantitative estimate of drug-likeness (QED) is 0.702. The first-order chi connectivity index (χ1) is 12.3. The van der Waals surface area contributed by atoms with Gasteiger partial charge in [-0.15, -0.1) is 11.8 Å². The van der Waals surface area contributed by atoms with E-state index in [1.807, 2.05) is 35.3 Å². The van der Waals surface area contributed by atoms with Crippen LogP contribution in [0.4, 0.5) is 0 Å². The van der Waals surface area contributed by atoms with Crippen LogP contribution in [-0.4, -0.2) is 21.0 Å². The molecule has 4 rings (SSSR count). The normalized spacial score (nSPS) is 16.6. The Morgan fingerprint density at radius 3 is 3.04 bits per heavy atom. The molecule has 5 heteroatoms. The van der Waals surface area contributed by atoms with Crippen LogP contribution in [0.2, 0.25) is 0 Å². The number of pyridine rings is 1. The van der Waals surface area contributed by atoms with E-state index in [9.17, 15) is 0 Å². The van der Waals surface area contributed by atoms with E-state index >= 15 is 0 Å². The molecule has 4 nitrogen and oxygen atoms in total. The zero-order valence-corrected chi connectivity index (χ0v) is 15.2. The average Bonchev–Trinajstić information content (AvgIpc) is 3.12. The third kappa shape index (κ3) is 3.48. The number of rotatable bonds is 5. The molecule has 2 aromatic heterocycles. The topological polar surface area (TPSA) is 42.7 Å². The minimum Gasteiger partial charge on any atom is -0.306 e. The first kappa shape index (κ1) is 16.4. The molecule has 1 aromatic carbocycles. The summed E-state index contributed by atoms with van der Waals surface area (Å²) >= 11 is 1.79. The van der Waals surface area contributed by atoms with Gasteiger partial charge in [0.2, 0.25) is 0 Å². The summed E-state index contributed by atoms with van der Waals surface area (Å²) in [6.45, 7) is 0.882. The summed E-state index contributed by atoms with van der Waals surface area (Å²) in [6.07, 6.45) is 9.34. The fourth-order valence-electron chi connectivity index (χ4n) is 3.47. The number of benzene rings is 1. The van der Waals surface area contributed by atoms with Crippen LogP contribution in [0.3, 0.4) is 0 Å². The van der Waals surface area contributed by atoms with E-state index in [1.165, 1.54) is 28.1 Å². The van der Waals surface area contributed by atoms with Gasteiger partial charge in [-0.3, -0.25) is 0 Å². The maximum Gasteiger partial charge on any atom is 0.153 e. The van der Waals surface area contributed by atoms with Crippen LogP contribution in [0.25, 0.3) is 5.82 Å². The smallest absolute Gasteiger partial charge is 0.153 e. The van der Waals surface area contributed by atoms with Gasteiger partial charge in [0.05, 0.1) is 11.9 Å². The second-order valence-electron chi connectivity index (χ2n) is 6.32. The third-order valence-electron chi connectivity index (χ3n) is 4.74. The Balaban J connectivity index is 1.53. The lowest BCUT2D eigenvalue weighted by Gasteiger charge is -2.24. The van der Waals surface area contributed by atoms with Crippen LogP contribution in [0.15, 0.2) is 59.8 Å². The standard InChI is InChI=1S/C20H22N4S/c1-25-16-7-4-6-15(12-16)13-22-18-8-5-9-19-17(18)14-23-24(19)20-10-2-3-11-21-20/h2-4,6-7,10-12,14,18,22H,5,8-9,13H2,1H3. The van der Waals surface area contributed by atoms with E-state index in [4.69, 9.17) is 0 Å². The molecule has 0 saturated heterocycles. The highest BCUT2D eigenvalue weighted by Crippen LogP contribution is 2.31. The van der Waals surface area contributed by atoms with Gasteiger partial charge in [-0.2, -0.15) is 5.10 Å². The van der Waals surface area contributed by atoms with Crippen LogP contribution in [-0.2, 0) is 13.0 Å². The molecule has 128 valence electrons. The highest BCUT2D eigenvalue weighted by molar-refractivity contribution is 7.98. The highest BCUT2D eigenvalue weighted by atomic mass is 32.2. The molecule has 25 heavy (non-hydrogen) atoms. The minimum atomic E-state index is 0.360. The number of nitrogens with one attached hydrogen (secondary N) is 1. The first-order valence-corrected chi connectivity index (χ1v) is 9.92. The maximum atomic E-state index is 4.61. The molecule has 0 saturated carbocycles. The van der Waals surface area contributed by atoms with Crippen molar-refractivity contribution in [1.82, 2.24) is 20.1 Å². The van der Waals surface area contributed by atoms with Gasteiger partial charge < -0.3 is 5.32 Å². The van der Waals surface area contributed by atoms with Crippen molar-refractivity contribution in [2.45, 2.75) is 36.7 Å². The van der Waals surface area contributed by atoms with Crippen molar-refractivity contribution in [3.05, 3.63) is 71.7 Å². The van der Waals surface area contributed by atoms with E-state index < -0.39 is 0 Å². The van der Waals surface area contributed by atoms with Gasteiger partial charge in [-0.1, -0.05) is 18.2 Å². The number of aromatic nitrogens is 3. The lowest BCUT2D eigenvalue weighted by Crippen LogP contribution is -2.25. The summed E-state index contributed by atoms with van der Waals surface area (Å²) in [4.78, 5) is 5.76. The second kappa shape index (κ2) is 7.42. The Morgan fingerprint density at radius 1 is 1.24 bits per heavy atom. The van der Waals surface area contributed by atoms with Gasteiger partial charge in [0.25, 0.3) is 0 Å². The van der Waals surface area contributed by atoms with Gasteiger partial charge in [0.15, 0.2) is 5.82 Å². The van der Waals surface area contributed by atoms with Crippen molar-refractivity contribution in [2.24, 2.45) is 0 Å². The summed E-state index contributed by atoms with van der Waals surface area (Å²) in [7, 11) is 0. The predicted molar refractivity (Wildman–Crippen MR) is 102 cm³/mol. The second-order valence-corrected chi connectivity index (χ2v) is 7.20. The zero-order chi connectivity index (χ0) is 17.1. The van der Waals surface area contributed by atoms with Crippen LogP contribution >= 0.6 is 11.8 Å². The lowest BCUT2D eigenvalue weighted by atomic mass is 9.93. The van der Waals surface area contributed by atoms with E-state index in [-0.39, 0.29) is 0 Å². The van der Waals surface area contributed by atoms with Crippen LogP contribution < -0.4 is 5.32 Å². The Bertz CT molecular complexity index is 844. The Labute approximate surface area is 152 Å². The molecular weight excluding hydrogens is 328 g/mol. The van der Waals surface area contributed by atoms with Gasteiger partial charge >= 0.3 is 0 Å². The number of thioether (sulfide) groups is 1. The minimum absolute atomic E-state index is 0.360. The molecule has 0 radical (unpaired) electrons. The number of fused-ring (bicyclic) bond motifs is 1. The number of hydrogen-bond donors (Lipinski definition) is 1. The fraction of sp³-hybridized carbons (Fsp3) is 0.300. The van der Waals surface area contributed by atoms with Gasteiger partial charge in [0.1, 0.15) is 0 Å². The molecule has 1 N–H and O–H groups in total. The molecule has 1 atom stereocenters. The molecule has 3 aromatic rings. The zero-order valence-electron chi connectivity index (χ0n) is 14.4. The Hall–Kier alpha value is -2.11. The van der Waals surface area contributed by atoms with Crippen molar-refractivity contribution in [3.63, 3.8) is 0 Å². The largest absolute Gasteiger partial charge is 0.306 e. The molecule has 2 heterocycles. The third-order valence-corrected chi connectivity index (χ3v) is 5.46. The predicted octanol–water partition coefficient (Wildman–Crippen LogP) is 4.16. The fourth-order valence-corrected chi connectivity index (χ4v) is 3.95. The molecule has 0 aliphatic heterocycles. The maximum absolute atomic E-state index is 4.61. The van der Waals surface area contributed by atoms with Crippen molar-refractivity contribution < 1.29 is 0 Å². The molecule has 1 aliphatic carbocycles. The molecular formula is C20H22N4S. The van der Waals surface area contributed by atoms with Crippen molar-refractivity contribution in [2.75, 3.05) is 6.26 Å². The number of hydrogen-bond acceptors (Lipinski definition) is 4. The molecule has 1 unspecified atom stereocenters. The molecule has 0 fully saturated rings. The van der Waals surface area contributed by atoms with Gasteiger partial charge in [-0.25, -0.2) is 9.67 Å². The SMILES string of the molecule is CSc1cccc(CNC2CCCc3c2cnn3-c2ccccn2)c1. The van der Waals surface area contributed by atoms with Crippen LogP contribution in [0, 0.1) is 0 Å². The van der Waals surface area contributed by atoms with E-state index in [2.05, 4.69) is 45.9 Å². The van der Waals surface area contributed by atoms with E-state index in [0.717, 1.165) is 25.2 Å². The molecule has 1 aliphatic rings. The summed E-state index contributed by atoms with van der Waals surface area (Å²) in [5.74, 6) is 0.900. The Kier molecular flexibility index (Phi) is 4.85. The lowest BCUT2D eigenvalue weighted by molar-refractivity contribution is 0.454. The summed E-state index contributed by atoms with van der Waals surface area (Å²) in [5.41, 5.74) is 3.94. The summed E-state index contributed by atoms with van der Waals surface area (Å²) in [6, 6.07) is 15.1. The highest BCUT2D eigenvalue weighted by Gasteiger charge is 2.24. The monoisotopic (exact) mass is 350 g/mol. The van der Waals surface area contributed by atoms with Crippen molar-refractivity contribution in [3.8, 4) is 5.82 Å². The van der Waals surface area contributed by atoms with Crippen LogP contribution in [0.1, 0.15) is 35.7 Å². The summed E-state index contributed by atoms with van der Waals surface area (Å²) in [5, 5.41) is 8.34. The summed E-state index contributed by atoms with van der Waals surface area (Å²) < 4.78 is 2.00. The Morgan fingerprint density at radius 2 is 2.20 bits per heavy atom. The van der Waals surface area contributed by atoms with Crippen molar-refractivity contribution in [1.29, 1.82) is 0 Å². The van der Waals surface area contributed by atoms with Crippen molar-refractivity contribution >= 4 is 11.8 Å². The first-order valence-electron chi connectivity index (χ1n) is 8.69. The van der Waals surface area contributed by atoms with Crippen LogP contribution in [0.5, 0.6) is 0 Å².